The molecule has 0 radical (unpaired) electrons. The van der Waals surface area contributed by atoms with Gasteiger partial charge >= 0.3 is 6.18 Å². The summed E-state index contributed by atoms with van der Waals surface area (Å²) < 4.78 is 38.1. The predicted octanol–water partition coefficient (Wildman–Crippen LogP) is 3.90. The van der Waals surface area contributed by atoms with E-state index in [9.17, 15) is 18.0 Å². The van der Waals surface area contributed by atoms with Gasteiger partial charge in [0.05, 0.1) is 22.6 Å². The largest absolute Gasteiger partial charge is 0.416 e. The van der Waals surface area contributed by atoms with Gasteiger partial charge in [0.15, 0.2) is 0 Å². The number of nitrogens with one attached hydrogen (secondary N) is 3. The Morgan fingerprint density at radius 2 is 1.86 bits per heavy atom. The van der Waals surface area contributed by atoms with Gasteiger partial charge in [-0.05, 0) is 49.4 Å². The van der Waals surface area contributed by atoms with Gasteiger partial charge in [-0.25, -0.2) is 4.99 Å². The zero-order chi connectivity index (χ0) is 26.0. The van der Waals surface area contributed by atoms with Crippen molar-refractivity contribution in [2.24, 2.45) is 4.99 Å². The third-order valence-corrected chi connectivity index (χ3v) is 6.31. The summed E-state index contributed by atoms with van der Waals surface area (Å²) in [7, 11) is 1.77. The summed E-state index contributed by atoms with van der Waals surface area (Å²) in [6, 6.07) is 10.1. The van der Waals surface area contributed by atoms with E-state index in [1.165, 1.54) is 12.1 Å². The highest BCUT2D eigenvalue weighted by Gasteiger charge is 2.38. The number of nitrogen functional groups attached to an aromatic ring is 1. The molecule has 2 fully saturated rings. The van der Waals surface area contributed by atoms with Crippen LogP contribution in [0.5, 0.6) is 0 Å². The first kappa shape index (κ1) is 25.2. The molecule has 2 aliphatic heterocycles. The van der Waals surface area contributed by atoms with Crippen LogP contribution in [0.2, 0.25) is 0 Å². The SMILES string of the molecule is CNc1ccc(C(=O)N2CC(N3CC(=N)/C(=C\N=C(/C)Nc4ccc(C(F)(F)F)cc4)C3)C2)cc1N. The van der Waals surface area contributed by atoms with Crippen molar-refractivity contribution in [3.63, 3.8) is 0 Å². The van der Waals surface area contributed by atoms with E-state index in [4.69, 9.17) is 11.1 Å². The maximum absolute atomic E-state index is 12.8. The van der Waals surface area contributed by atoms with E-state index in [-0.39, 0.29) is 11.9 Å². The Balaban J connectivity index is 1.30. The predicted molar refractivity (Wildman–Crippen MR) is 136 cm³/mol. The van der Waals surface area contributed by atoms with E-state index >= 15 is 0 Å². The van der Waals surface area contributed by atoms with Crippen molar-refractivity contribution in [3.05, 3.63) is 65.4 Å². The molecule has 1 amide bonds. The Morgan fingerprint density at radius 3 is 2.47 bits per heavy atom. The minimum absolute atomic E-state index is 0.0693. The number of anilines is 3. The fourth-order valence-electron chi connectivity index (χ4n) is 4.17. The molecule has 190 valence electrons. The number of nitrogens with zero attached hydrogens (tertiary/aromatic N) is 3. The second-order valence-corrected chi connectivity index (χ2v) is 8.87. The van der Waals surface area contributed by atoms with Crippen LogP contribution >= 0.6 is 0 Å². The standard InChI is InChI=1S/C25H28F3N7O/c1-15(33-19-6-4-18(5-7-19)25(26,27)28)32-10-17-11-34(14-22(17)30)20-12-35(13-20)24(36)16-3-8-23(31-2)21(29)9-16/h3-10,20,30-31H,11-14,29H2,1-2H3,(H,32,33)/b17-10-,30-22?. The third-order valence-electron chi connectivity index (χ3n) is 6.31. The molecule has 2 heterocycles. The van der Waals surface area contributed by atoms with Gasteiger partial charge < -0.3 is 26.7 Å². The van der Waals surface area contributed by atoms with Gasteiger partial charge in [-0.2, -0.15) is 13.2 Å². The number of nitrogens with two attached hydrogens (primary N) is 1. The number of hydrogen-bond acceptors (Lipinski definition) is 6. The van der Waals surface area contributed by atoms with Crippen LogP contribution in [-0.4, -0.2) is 66.5 Å². The van der Waals surface area contributed by atoms with Crippen LogP contribution in [-0.2, 0) is 6.18 Å². The first-order chi connectivity index (χ1) is 17.0. The van der Waals surface area contributed by atoms with Crippen molar-refractivity contribution in [1.82, 2.24) is 9.80 Å². The van der Waals surface area contributed by atoms with Gasteiger partial charge in [-0.15, -0.1) is 0 Å². The lowest BCUT2D eigenvalue weighted by atomic mass is 10.0. The zero-order valence-corrected chi connectivity index (χ0v) is 20.0. The monoisotopic (exact) mass is 499 g/mol. The summed E-state index contributed by atoms with van der Waals surface area (Å²) in [5.74, 6) is 0.428. The smallest absolute Gasteiger partial charge is 0.397 e. The molecule has 2 aliphatic rings. The molecule has 0 aliphatic carbocycles. The second-order valence-electron chi connectivity index (χ2n) is 8.87. The normalized spacial score (nSPS) is 18.5. The maximum atomic E-state index is 12.8. The molecule has 0 spiro atoms. The Hall–Kier alpha value is -3.86. The van der Waals surface area contributed by atoms with Crippen molar-refractivity contribution in [2.75, 3.05) is 49.6 Å². The van der Waals surface area contributed by atoms with Crippen molar-refractivity contribution in [1.29, 1.82) is 5.41 Å². The number of carbonyl (C=O) groups excluding carboxylic acids is 1. The van der Waals surface area contributed by atoms with Crippen LogP contribution in [0.3, 0.4) is 0 Å². The molecular weight excluding hydrogens is 471 g/mol. The Morgan fingerprint density at radius 1 is 1.17 bits per heavy atom. The third kappa shape index (κ3) is 5.51. The van der Waals surface area contributed by atoms with Crippen LogP contribution in [0, 0.1) is 5.41 Å². The summed E-state index contributed by atoms with van der Waals surface area (Å²) in [6.07, 6.45) is -2.76. The van der Waals surface area contributed by atoms with Gasteiger partial charge in [0.1, 0.15) is 5.84 Å². The van der Waals surface area contributed by atoms with Gasteiger partial charge in [0, 0.05) is 62.3 Å². The molecule has 5 N–H and O–H groups in total. The highest BCUT2D eigenvalue weighted by Crippen LogP contribution is 2.30. The molecule has 0 aromatic heterocycles. The van der Waals surface area contributed by atoms with Crippen LogP contribution in [0.1, 0.15) is 22.8 Å². The van der Waals surface area contributed by atoms with Crippen LogP contribution in [0.4, 0.5) is 30.2 Å². The molecule has 2 aromatic rings. The van der Waals surface area contributed by atoms with Gasteiger partial charge in [0.2, 0.25) is 0 Å². The fourth-order valence-corrected chi connectivity index (χ4v) is 4.17. The van der Waals surface area contributed by atoms with Crippen molar-refractivity contribution < 1.29 is 18.0 Å². The lowest BCUT2D eigenvalue weighted by Crippen LogP contribution is -2.60. The minimum Gasteiger partial charge on any atom is -0.397 e. The van der Waals surface area contributed by atoms with Crippen LogP contribution in [0.15, 0.2) is 59.2 Å². The highest BCUT2D eigenvalue weighted by molar-refractivity contribution is 6.02. The molecule has 8 nitrogen and oxygen atoms in total. The molecule has 2 aromatic carbocycles. The average Bonchev–Trinajstić information content (AvgIpc) is 3.16. The van der Waals surface area contributed by atoms with Gasteiger partial charge in [0.25, 0.3) is 5.91 Å². The van der Waals surface area contributed by atoms with Crippen molar-refractivity contribution in [3.8, 4) is 0 Å². The van der Waals surface area contributed by atoms with E-state index < -0.39 is 11.7 Å². The van der Waals surface area contributed by atoms with Crippen LogP contribution < -0.4 is 16.4 Å². The zero-order valence-electron chi connectivity index (χ0n) is 20.0. The number of amidine groups is 1. The lowest BCUT2D eigenvalue weighted by molar-refractivity contribution is -0.137. The summed E-state index contributed by atoms with van der Waals surface area (Å²) in [4.78, 5) is 21.0. The van der Waals surface area contributed by atoms with Crippen molar-refractivity contribution >= 4 is 34.5 Å². The number of amides is 1. The summed E-state index contributed by atoms with van der Waals surface area (Å²) in [6.45, 7) is 3.88. The number of benzene rings is 2. The van der Waals surface area contributed by atoms with Crippen LogP contribution in [0.25, 0.3) is 0 Å². The molecule has 0 atom stereocenters. The molecule has 2 saturated heterocycles. The van der Waals surface area contributed by atoms with E-state index in [0.29, 0.717) is 54.7 Å². The quantitative estimate of drug-likeness (QED) is 0.283. The highest BCUT2D eigenvalue weighted by atomic mass is 19.4. The molecular formula is C25H28F3N7O. The molecule has 4 rings (SSSR count). The second kappa shape index (κ2) is 10.0. The lowest BCUT2D eigenvalue weighted by Gasteiger charge is -2.43. The van der Waals surface area contributed by atoms with E-state index in [2.05, 4.69) is 20.5 Å². The Bertz CT molecular complexity index is 1220. The number of alkyl halides is 3. The Labute approximate surface area is 207 Å². The number of carbonyl (C=O) groups is 1. The topological polar surface area (TPSA) is 110 Å². The van der Waals surface area contributed by atoms with Gasteiger partial charge in [-0.1, -0.05) is 0 Å². The molecule has 0 saturated carbocycles. The van der Waals surface area contributed by atoms with E-state index in [1.54, 1.807) is 43.3 Å². The summed E-state index contributed by atoms with van der Waals surface area (Å²) >= 11 is 0. The number of rotatable bonds is 5. The first-order valence-electron chi connectivity index (χ1n) is 11.4. The van der Waals surface area contributed by atoms with E-state index in [0.717, 1.165) is 23.4 Å². The van der Waals surface area contributed by atoms with E-state index in [1.807, 2.05) is 0 Å². The number of likely N-dealkylation sites (tertiary alicyclic amines) is 2. The van der Waals surface area contributed by atoms with Crippen molar-refractivity contribution in [2.45, 2.75) is 19.1 Å². The summed E-state index contributed by atoms with van der Waals surface area (Å²) in [5.41, 5.74) is 8.82. The number of aliphatic imine (C=N–C) groups is 1. The minimum atomic E-state index is -4.38. The molecule has 36 heavy (non-hydrogen) atoms. The number of halogens is 3. The fraction of sp³-hybridized carbons (Fsp3) is 0.320. The van der Waals surface area contributed by atoms with Gasteiger partial charge in [-0.3, -0.25) is 9.69 Å². The molecule has 11 heteroatoms. The maximum Gasteiger partial charge on any atom is 0.416 e. The molecule has 0 bridgehead atoms. The number of hydrogen-bond donors (Lipinski definition) is 4. The summed E-state index contributed by atoms with van der Waals surface area (Å²) in [5, 5.41) is 14.2. The Kier molecular flexibility index (Phi) is 7.02. The first-order valence-corrected chi connectivity index (χ1v) is 11.4. The molecule has 0 unspecified atom stereocenters. The average molecular weight is 500 g/mol.